The van der Waals surface area contributed by atoms with Gasteiger partial charge in [0.1, 0.15) is 16.5 Å². The summed E-state index contributed by atoms with van der Waals surface area (Å²) in [6, 6.07) is 6.29. The second-order valence-corrected chi connectivity index (χ2v) is 6.25. The van der Waals surface area contributed by atoms with Crippen LogP contribution in [0.25, 0.3) is 10.6 Å². The normalized spacial score (nSPS) is 17.4. The van der Waals surface area contributed by atoms with Gasteiger partial charge in [0.05, 0.1) is 26.0 Å². The SMILES string of the molecule is CNC1CCCc2sc(-c3cc(OC)cc(OC)c3)nc21. The maximum atomic E-state index is 5.35. The number of rotatable bonds is 4. The summed E-state index contributed by atoms with van der Waals surface area (Å²) in [6.07, 6.45) is 3.52. The van der Waals surface area contributed by atoms with Crippen molar-refractivity contribution in [2.75, 3.05) is 21.3 Å². The van der Waals surface area contributed by atoms with Crippen molar-refractivity contribution in [1.29, 1.82) is 0 Å². The van der Waals surface area contributed by atoms with Crippen LogP contribution in [-0.4, -0.2) is 26.3 Å². The summed E-state index contributed by atoms with van der Waals surface area (Å²) in [5.41, 5.74) is 2.27. The van der Waals surface area contributed by atoms with Gasteiger partial charge in [0.2, 0.25) is 0 Å². The molecule has 0 spiro atoms. The lowest BCUT2D eigenvalue weighted by Crippen LogP contribution is -2.21. The van der Waals surface area contributed by atoms with Gasteiger partial charge in [-0.05, 0) is 38.4 Å². The zero-order valence-corrected chi connectivity index (χ0v) is 13.4. The third-order valence-corrected chi connectivity index (χ3v) is 5.08. The van der Waals surface area contributed by atoms with E-state index in [1.165, 1.54) is 17.0 Å². The quantitative estimate of drug-likeness (QED) is 0.940. The van der Waals surface area contributed by atoms with Gasteiger partial charge in [0, 0.05) is 16.5 Å². The molecule has 0 saturated heterocycles. The highest BCUT2D eigenvalue weighted by Crippen LogP contribution is 2.38. The second-order valence-electron chi connectivity index (χ2n) is 5.16. The first-order valence-electron chi connectivity index (χ1n) is 7.15. The van der Waals surface area contributed by atoms with Crippen LogP contribution in [0.15, 0.2) is 18.2 Å². The number of hydrogen-bond acceptors (Lipinski definition) is 5. The summed E-state index contributed by atoms with van der Waals surface area (Å²) in [6.45, 7) is 0. The van der Waals surface area contributed by atoms with Crippen LogP contribution in [-0.2, 0) is 6.42 Å². The molecular weight excluding hydrogens is 284 g/mol. The van der Waals surface area contributed by atoms with E-state index in [2.05, 4.69) is 5.32 Å². The summed E-state index contributed by atoms with van der Waals surface area (Å²) in [7, 11) is 5.35. The van der Waals surface area contributed by atoms with Gasteiger partial charge in [-0.2, -0.15) is 0 Å². The van der Waals surface area contributed by atoms with Crippen molar-refractivity contribution in [2.45, 2.75) is 25.3 Å². The smallest absolute Gasteiger partial charge is 0.124 e. The van der Waals surface area contributed by atoms with E-state index in [1.807, 2.05) is 25.2 Å². The van der Waals surface area contributed by atoms with Crippen molar-refractivity contribution in [1.82, 2.24) is 10.3 Å². The minimum atomic E-state index is 0.381. The van der Waals surface area contributed by atoms with E-state index in [0.717, 1.165) is 34.9 Å². The number of benzene rings is 1. The van der Waals surface area contributed by atoms with Crippen LogP contribution < -0.4 is 14.8 Å². The van der Waals surface area contributed by atoms with Crippen molar-refractivity contribution < 1.29 is 9.47 Å². The Morgan fingerprint density at radius 1 is 1.19 bits per heavy atom. The first-order valence-corrected chi connectivity index (χ1v) is 7.97. The van der Waals surface area contributed by atoms with E-state index in [0.29, 0.717) is 6.04 Å². The standard InChI is InChI=1S/C16H20N2O2S/c1-17-13-5-4-6-14-15(13)18-16(21-14)10-7-11(19-2)9-12(8-10)20-3/h7-9,13,17H,4-6H2,1-3H3. The van der Waals surface area contributed by atoms with Crippen molar-refractivity contribution in [3.05, 3.63) is 28.8 Å². The van der Waals surface area contributed by atoms with Gasteiger partial charge in [-0.15, -0.1) is 11.3 Å². The average Bonchev–Trinajstić information content (AvgIpc) is 2.98. The summed E-state index contributed by atoms with van der Waals surface area (Å²) < 4.78 is 10.7. The predicted octanol–water partition coefficient (Wildman–Crippen LogP) is 3.42. The van der Waals surface area contributed by atoms with Gasteiger partial charge < -0.3 is 14.8 Å². The maximum absolute atomic E-state index is 5.35. The molecule has 1 aliphatic carbocycles. The molecule has 0 fully saturated rings. The minimum absolute atomic E-state index is 0.381. The van der Waals surface area contributed by atoms with E-state index < -0.39 is 0 Å². The van der Waals surface area contributed by atoms with Crippen LogP contribution in [0.3, 0.4) is 0 Å². The highest BCUT2D eigenvalue weighted by Gasteiger charge is 2.24. The summed E-state index contributed by atoms with van der Waals surface area (Å²) in [5.74, 6) is 1.59. The van der Waals surface area contributed by atoms with Gasteiger partial charge >= 0.3 is 0 Å². The molecule has 21 heavy (non-hydrogen) atoms. The molecule has 5 heteroatoms. The number of aromatic nitrogens is 1. The largest absolute Gasteiger partial charge is 0.497 e. The Morgan fingerprint density at radius 2 is 1.90 bits per heavy atom. The van der Waals surface area contributed by atoms with Gasteiger partial charge in [-0.3, -0.25) is 0 Å². The molecule has 1 atom stereocenters. The Kier molecular flexibility index (Phi) is 4.12. The van der Waals surface area contributed by atoms with Gasteiger partial charge in [0.15, 0.2) is 0 Å². The van der Waals surface area contributed by atoms with E-state index in [1.54, 1.807) is 25.6 Å². The fourth-order valence-corrected chi connectivity index (χ4v) is 3.91. The summed E-state index contributed by atoms with van der Waals surface area (Å²) >= 11 is 1.78. The summed E-state index contributed by atoms with van der Waals surface area (Å²) in [4.78, 5) is 6.27. The van der Waals surface area contributed by atoms with E-state index in [4.69, 9.17) is 14.5 Å². The molecule has 112 valence electrons. The Labute approximate surface area is 129 Å². The van der Waals surface area contributed by atoms with Crippen LogP contribution in [0.5, 0.6) is 11.5 Å². The van der Waals surface area contributed by atoms with Crippen molar-refractivity contribution in [2.24, 2.45) is 0 Å². The molecule has 1 aromatic carbocycles. The Balaban J connectivity index is 2.03. The Hall–Kier alpha value is -1.59. The molecule has 3 rings (SSSR count). The lowest BCUT2D eigenvalue weighted by Gasteiger charge is -2.19. The minimum Gasteiger partial charge on any atom is -0.497 e. The molecule has 2 aromatic rings. The number of nitrogens with one attached hydrogen (secondary N) is 1. The third kappa shape index (κ3) is 2.76. The third-order valence-electron chi connectivity index (χ3n) is 3.90. The molecule has 1 aromatic heterocycles. The number of ether oxygens (including phenoxy) is 2. The molecule has 1 aliphatic rings. The van der Waals surface area contributed by atoms with Crippen molar-refractivity contribution in [3.63, 3.8) is 0 Å². The fraction of sp³-hybridized carbons (Fsp3) is 0.438. The molecule has 0 bridgehead atoms. The number of hydrogen-bond donors (Lipinski definition) is 1. The zero-order chi connectivity index (χ0) is 14.8. The molecule has 4 nitrogen and oxygen atoms in total. The van der Waals surface area contributed by atoms with Crippen LogP contribution in [0.1, 0.15) is 29.5 Å². The molecule has 1 heterocycles. The molecule has 1 unspecified atom stereocenters. The Bertz CT molecular complexity index is 617. The molecule has 0 aliphatic heterocycles. The van der Waals surface area contributed by atoms with E-state index >= 15 is 0 Å². The van der Waals surface area contributed by atoms with Gasteiger partial charge in [-0.1, -0.05) is 0 Å². The van der Waals surface area contributed by atoms with Crippen molar-refractivity contribution in [3.8, 4) is 22.1 Å². The van der Waals surface area contributed by atoms with Crippen LogP contribution >= 0.6 is 11.3 Å². The zero-order valence-electron chi connectivity index (χ0n) is 12.6. The molecular formula is C16H20N2O2S. The van der Waals surface area contributed by atoms with Crippen molar-refractivity contribution >= 4 is 11.3 Å². The number of thiazole rings is 1. The lowest BCUT2D eigenvalue weighted by molar-refractivity contribution is 0.394. The topological polar surface area (TPSA) is 43.4 Å². The monoisotopic (exact) mass is 304 g/mol. The maximum Gasteiger partial charge on any atom is 0.124 e. The van der Waals surface area contributed by atoms with E-state index in [9.17, 15) is 0 Å². The van der Waals surface area contributed by atoms with Gasteiger partial charge in [-0.25, -0.2) is 4.98 Å². The first kappa shape index (κ1) is 14.4. The number of nitrogens with zero attached hydrogens (tertiary/aromatic N) is 1. The van der Waals surface area contributed by atoms with Crippen LogP contribution in [0, 0.1) is 0 Å². The van der Waals surface area contributed by atoms with Crippen LogP contribution in [0.4, 0.5) is 0 Å². The predicted molar refractivity (Wildman–Crippen MR) is 85.4 cm³/mol. The number of methoxy groups -OCH3 is 2. The molecule has 1 N–H and O–H groups in total. The molecule has 0 radical (unpaired) electrons. The number of aryl methyl sites for hydroxylation is 1. The van der Waals surface area contributed by atoms with Crippen LogP contribution in [0.2, 0.25) is 0 Å². The highest BCUT2D eigenvalue weighted by atomic mass is 32.1. The van der Waals surface area contributed by atoms with E-state index in [-0.39, 0.29) is 0 Å². The first-order chi connectivity index (χ1) is 10.2. The average molecular weight is 304 g/mol. The second kappa shape index (κ2) is 6.03. The molecule has 0 amide bonds. The Morgan fingerprint density at radius 3 is 2.52 bits per heavy atom. The molecule has 0 saturated carbocycles. The number of fused-ring (bicyclic) bond motifs is 1. The summed E-state index contributed by atoms with van der Waals surface area (Å²) in [5, 5.41) is 4.41. The lowest BCUT2D eigenvalue weighted by atomic mass is 9.98. The van der Waals surface area contributed by atoms with Gasteiger partial charge in [0.25, 0.3) is 0 Å². The fourth-order valence-electron chi connectivity index (χ4n) is 2.75. The highest BCUT2D eigenvalue weighted by molar-refractivity contribution is 7.15.